The Hall–Kier alpha value is -2.04. The summed E-state index contributed by atoms with van der Waals surface area (Å²) in [4.78, 5) is 13.0. The van der Waals surface area contributed by atoms with Crippen molar-refractivity contribution in [2.75, 3.05) is 44.0 Å². The molecule has 1 atom stereocenters. The summed E-state index contributed by atoms with van der Waals surface area (Å²) in [6, 6.07) is 7.06. The highest BCUT2D eigenvalue weighted by molar-refractivity contribution is 14.0. The predicted octanol–water partition coefficient (Wildman–Crippen LogP) is 2.58. The van der Waals surface area contributed by atoms with Gasteiger partial charge in [-0.25, -0.2) is 9.37 Å². The maximum Gasteiger partial charge on any atom is 0.204 e. The van der Waals surface area contributed by atoms with Crippen molar-refractivity contribution < 1.29 is 4.39 Å². The molecule has 0 aliphatic carbocycles. The highest BCUT2D eigenvalue weighted by atomic mass is 127. The zero-order valence-electron chi connectivity index (χ0n) is 17.5. The van der Waals surface area contributed by atoms with E-state index >= 15 is 0 Å². The molecule has 2 N–H and O–H groups in total. The van der Waals surface area contributed by atoms with E-state index < -0.39 is 0 Å². The molecule has 160 valence electrons. The third-order valence-corrected chi connectivity index (χ3v) is 5.06. The number of guanidine groups is 1. The fourth-order valence-corrected chi connectivity index (χ4v) is 3.58. The summed E-state index contributed by atoms with van der Waals surface area (Å²) in [7, 11) is 7.74. The molecule has 1 fully saturated rings. The van der Waals surface area contributed by atoms with Gasteiger partial charge in [-0.05, 0) is 31.0 Å². The number of anilines is 2. The molecule has 1 aliphatic rings. The number of piperidine rings is 1. The van der Waals surface area contributed by atoms with E-state index in [9.17, 15) is 4.39 Å². The molecule has 0 amide bonds. The Morgan fingerprint density at radius 3 is 2.83 bits per heavy atom. The summed E-state index contributed by atoms with van der Waals surface area (Å²) >= 11 is 0. The topological polar surface area (TPSA) is 60.7 Å². The molecule has 0 radical (unpaired) electrons. The second kappa shape index (κ2) is 10.7. The van der Waals surface area contributed by atoms with Crippen molar-refractivity contribution >= 4 is 41.6 Å². The quantitative estimate of drug-likeness (QED) is 0.364. The first-order valence-corrected chi connectivity index (χ1v) is 9.63. The molecular formula is C20H31FIN7. The highest BCUT2D eigenvalue weighted by Crippen LogP contribution is 2.20. The van der Waals surface area contributed by atoms with Gasteiger partial charge < -0.3 is 25.0 Å². The number of benzene rings is 1. The van der Waals surface area contributed by atoms with Crippen LogP contribution in [-0.4, -0.2) is 55.8 Å². The first-order chi connectivity index (χ1) is 13.5. The van der Waals surface area contributed by atoms with E-state index in [2.05, 4.69) is 30.1 Å². The SMILES string of the molecule is CN=C(NCc1cnc(N(C)C)n1C)NC1CCCN(c2cccc(F)c2)C1.I. The van der Waals surface area contributed by atoms with Crippen LogP contribution in [0.2, 0.25) is 0 Å². The average molecular weight is 515 g/mol. The van der Waals surface area contributed by atoms with Crippen LogP contribution in [0, 0.1) is 5.82 Å². The van der Waals surface area contributed by atoms with E-state index in [-0.39, 0.29) is 35.8 Å². The van der Waals surface area contributed by atoms with Gasteiger partial charge in [0.15, 0.2) is 5.96 Å². The summed E-state index contributed by atoms with van der Waals surface area (Å²) in [5.41, 5.74) is 2.01. The molecule has 2 heterocycles. The zero-order valence-corrected chi connectivity index (χ0v) is 19.9. The van der Waals surface area contributed by atoms with Crippen LogP contribution in [0.25, 0.3) is 0 Å². The Balaban J connectivity index is 0.00000300. The predicted molar refractivity (Wildman–Crippen MR) is 128 cm³/mol. The fraction of sp³-hybridized carbons (Fsp3) is 0.500. The number of nitrogens with zero attached hydrogens (tertiary/aromatic N) is 5. The van der Waals surface area contributed by atoms with Gasteiger partial charge in [0.05, 0.1) is 18.4 Å². The molecule has 29 heavy (non-hydrogen) atoms. The molecular weight excluding hydrogens is 484 g/mol. The number of aromatic nitrogens is 2. The Morgan fingerprint density at radius 2 is 2.17 bits per heavy atom. The average Bonchev–Trinajstić information content (AvgIpc) is 3.06. The molecule has 1 aromatic carbocycles. The van der Waals surface area contributed by atoms with E-state index in [0.717, 1.165) is 49.2 Å². The maximum absolute atomic E-state index is 13.5. The Morgan fingerprint density at radius 1 is 1.38 bits per heavy atom. The highest BCUT2D eigenvalue weighted by Gasteiger charge is 2.21. The van der Waals surface area contributed by atoms with E-state index in [4.69, 9.17) is 0 Å². The van der Waals surface area contributed by atoms with Gasteiger partial charge in [-0.15, -0.1) is 24.0 Å². The normalized spacial score (nSPS) is 16.9. The number of halogens is 2. The van der Waals surface area contributed by atoms with Gasteiger partial charge in [-0.2, -0.15) is 0 Å². The van der Waals surface area contributed by atoms with Gasteiger partial charge in [0, 0.05) is 53.0 Å². The van der Waals surface area contributed by atoms with Crippen LogP contribution in [0.15, 0.2) is 35.5 Å². The van der Waals surface area contributed by atoms with Gasteiger partial charge in [-0.3, -0.25) is 4.99 Å². The summed E-state index contributed by atoms with van der Waals surface area (Å²) in [5.74, 6) is 1.48. The molecule has 3 rings (SSSR count). The van der Waals surface area contributed by atoms with Crippen LogP contribution < -0.4 is 20.4 Å². The van der Waals surface area contributed by atoms with Crippen molar-refractivity contribution in [3.8, 4) is 0 Å². The first kappa shape index (κ1) is 23.2. The fourth-order valence-electron chi connectivity index (χ4n) is 3.58. The lowest BCUT2D eigenvalue weighted by Crippen LogP contribution is -2.51. The van der Waals surface area contributed by atoms with Crippen molar-refractivity contribution in [3.05, 3.63) is 42.0 Å². The van der Waals surface area contributed by atoms with Gasteiger partial charge >= 0.3 is 0 Å². The minimum absolute atomic E-state index is 0. The molecule has 1 unspecified atom stereocenters. The number of aliphatic imine (C=N–C) groups is 1. The molecule has 0 saturated carbocycles. The lowest BCUT2D eigenvalue weighted by atomic mass is 10.0. The maximum atomic E-state index is 13.5. The molecule has 2 aromatic rings. The largest absolute Gasteiger partial charge is 0.369 e. The second-order valence-electron chi connectivity index (χ2n) is 7.34. The lowest BCUT2D eigenvalue weighted by molar-refractivity contribution is 0.467. The van der Waals surface area contributed by atoms with Crippen LogP contribution >= 0.6 is 24.0 Å². The number of hydrogen-bond acceptors (Lipinski definition) is 4. The van der Waals surface area contributed by atoms with E-state index in [1.807, 2.05) is 38.3 Å². The van der Waals surface area contributed by atoms with Crippen molar-refractivity contribution in [2.24, 2.45) is 12.0 Å². The minimum Gasteiger partial charge on any atom is -0.369 e. The molecule has 1 aromatic heterocycles. The van der Waals surface area contributed by atoms with Crippen molar-refractivity contribution in [1.82, 2.24) is 20.2 Å². The number of imidazole rings is 1. The third-order valence-electron chi connectivity index (χ3n) is 5.06. The smallest absolute Gasteiger partial charge is 0.204 e. The van der Waals surface area contributed by atoms with Gasteiger partial charge in [-0.1, -0.05) is 6.07 Å². The molecule has 7 nitrogen and oxygen atoms in total. The first-order valence-electron chi connectivity index (χ1n) is 9.63. The monoisotopic (exact) mass is 515 g/mol. The summed E-state index contributed by atoms with van der Waals surface area (Å²) in [5, 5.41) is 6.87. The van der Waals surface area contributed by atoms with Crippen molar-refractivity contribution in [1.29, 1.82) is 0 Å². The summed E-state index contributed by atoms with van der Waals surface area (Å²) in [6.45, 7) is 2.40. The van der Waals surface area contributed by atoms with Crippen LogP contribution in [-0.2, 0) is 13.6 Å². The third kappa shape index (κ3) is 5.97. The van der Waals surface area contributed by atoms with Crippen LogP contribution in [0.3, 0.4) is 0 Å². The molecule has 9 heteroatoms. The van der Waals surface area contributed by atoms with Crippen LogP contribution in [0.4, 0.5) is 16.0 Å². The molecule has 0 spiro atoms. The van der Waals surface area contributed by atoms with E-state index in [1.165, 1.54) is 6.07 Å². The Kier molecular flexibility index (Phi) is 8.54. The molecule has 0 bridgehead atoms. The zero-order chi connectivity index (χ0) is 20.1. The molecule has 1 aliphatic heterocycles. The van der Waals surface area contributed by atoms with Gasteiger partial charge in [0.25, 0.3) is 0 Å². The van der Waals surface area contributed by atoms with Crippen LogP contribution in [0.5, 0.6) is 0 Å². The lowest BCUT2D eigenvalue weighted by Gasteiger charge is -2.35. The standard InChI is InChI=1S/C20H30FN7.HI/c1-22-19(23-12-18-13-24-20(26(2)3)27(18)4)25-16-8-6-10-28(14-16)17-9-5-7-15(21)11-17;/h5,7,9,11,13,16H,6,8,10,12,14H2,1-4H3,(H2,22,23,25);1H. The number of nitrogens with one attached hydrogen (secondary N) is 2. The van der Waals surface area contributed by atoms with Crippen LogP contribution in [0.1, 0.15) is 18.5 Å². The van der Waals surface area contributed by atoms with Gasteiger partial charge in [0.2, 0.25) is 5.95 Å². The minimum atomic E-state index is -0.196. The second-order valence-corrected chi connectivity index (χ2v) is 7.34. The Labute approximate surface area is 189 Å². The summed E-state index contributed by atoms with van der Waals surface area (Å²) in [6.07, 6.45) is 3.99. The van der Waals surface area contributed by atoms with E-state index in [0.29, 0.717) is 6.54 Å². The van der Waals surface area contributed by atoms with E-state index in [1.54, 1.807) is 19.2 Å². The number of rotatable bonds is 5. The Bertz CT molecular complexity index is 821. The van der Waals surface area contributed by atoms with Crippen molar-refractivity contribution in [3.63, 3.8) is 0 Å². The molecule has 1 saturated heterocycles. The summed E-state index contributed by atoms with van der Waals surface area (Å²) < 4.78 is 15.6. The van der Waals surface area contributed by atoms with Gasteiger partial charge in [0.1, 0.15) is 5.82 Å². The van der Waals surface area contributed by atoms with Crippen molar-refractivity contribution in [2.45, 2.75) is 25.4 Å². The number of hydrogen-bond donors (Lipinski definition) is 2.